The molecule has 0 spiro atoms. The highest BCUT2D eigenvalue weighted by Gasteiger charge is 2.21. The minimum atomic E-state index is -3.78. The van der Waals surface area contributed by atoms with Crippen molar-refractivity contribution in [2.75, 3.05) is 4.72 Å². The largest absolute Gasteiger partial charge is 0.384 e. The Labute approximate surface area is 123 Å². The van der Waals surface area contributed by atoms with Crippen molar-refractivity contribution in [1.82, 2.24) is 9.78 Å². The highest BCUT2D eigenvalue weighted by molar-refractivity contribution is 7.92. The first-order valence-electron chi connectivity index (χ1n) is 6.19. The van der Waals surface area contributed by atoms with Crippen molar-refractivity contribution in [3.63, 3.8) is 0 Å². The van der Waals surface area contributed by atoms with E-state index in [-0.39, 0.29) is 22.1 Å². The van der Waals surface area contributed by atoms with E-state index in [2.05, 4.69) is 9.82 Å². The Morgan fingerprint density at radius 2 is 2.05 bits per heavy atom. The molecule has 2 rings (SSSR count). The maximum Gasteiger partial charge on any atom is 0.263 e. The van der Waals surface area contributed by atoms with Crippen LogP contribution in [-0.4, -0.2) is 24.0 Å². The second-order valence-corrected chi connectivity index (χ2v) is 6.47. The van der Waals surface area contributed by atoms with Gasteiger partial charge in [-0.25, -0.2) is 8.42 Å². The van der Waals surface area contributed by atoms with Crippen LogP contribution in [0.15, 0.2) is 29.3 Å². The van der Waals surface area contributed by atoms with Crippen molar-refractivity contribution in [2.45, 2.75) is 18.7 Å². The van der Waals surface area contributed by atoms with Crippen LogP contribution >= 0.6 is 0 Å². The zero-order valence-corrected chi connectivity index (χ0v) is 12.8. The number of nitrogens with one attached hydrogen (secondary N) is 2. The number of benzene rings is 1. The van der Waals surface area contributed by atoms with Crippen molar-refractivity contribution in [1.29, 1.82) is 5.41 Å². The zero-order valence-electron chi connectivity index (χ0n) is 12.0. The van der Waals surface area contributed by atoms with Gasteiger partial charge < -0.3 is 5.73 Å². The number of nitrogens with two attached hydrogens (primary N) is 1. The summed E-state index contributed by atoms with van der Waals surface area (Å²) >= 11 is 0. The SMILES string of the molecule is Cc1ccc(C)c(S(=O)(=O)Nc2c(C(=N)N)cnn2C)c1. The van der Waals surface area contributed by atoms with Gasteiger partial charge in [-0.2, -0.15) is 5.10 Å². The van der Waals surface area contributed by atoms with Crippen LogP contribution in [0.5, 0.6) is 0 Å². The molecule has 2 aromatic rings. The van der Waals surface area contributed by atoms with E-state index in [4.69, 9.17) is 11.1 Å². The topological polar surface area (TPSA) is 114 Å². The first-order valence-corrected chi connectivity index (χ1v) is 7.67. The summed E-state index contributed by atoms with van der Waals surface area (Å²) in [5, 5.41) is 11.4. The molecule has 0 unspecified atom stereocenters. The summed E-state index contributed by atoms with van der Waals surface area (Å²) in [4.78, 5) is 0.193. The third-order valence-electron chi connectivity index (χ3n) is 3.09. The lowest BCUT2D eigenvalue weighted by atomic mass is 10.2. The van der Waals surface area contributed by atoms with Gasteiger partial charge in [-0.05, 0) is 31.0 Å². The van der Waals surface area contributed by atoms with Crippen LogP contribution in [0.3, 0.4) is 0 Å². The molecular formula is C13H17N5O2S. The summed E-state index contributed by atoms with van der Waals surface area (Å²) in [5.41, 5.74) is 7.16. The summed E-state index contributed by atoms with van der Waals surface area (Å²) in [6, 6.07) is 5.19. The molecule has 1 aromatic heterocycles. The predicted molar refractivity (Wildman–Crippen MR) is 80.9 cm³/mol. The van der Waals surface area contributed by atoms with Crippen LogP contribution < -0.4 is 10.5 Å². The third-order valence-corrected chi connectivity index (χ3v) is 4.57. The molecule has 1 heterocycles. The third kappa shape index (κ3) is 2.89. The molecule has 0 saturated carbocycles. The fraction of sp³-hybridized carbons (Fsp3) is 0.231. The summed E-state index contributed by atoms with van der Waals surface area (Å²) < 4.78 is 28.9. The molecule has 0 aliphatic rings. The predicted octanol–water partition coefficient (Wildman–Crippen LogP) is 1.12. The van der Waals surface area contributed by atoms with E-state index < -0.39 is 10.0 Å². The van der Waals surface area contributed by atoms with Crippen molar-refractivity contribution >= 4 is 21.7 Å². The van der Waals surface area contributed by atoms with Gasteiger partial charge in [0.15, 0.2) is 0 Å². The van der Waals surface area contributed by atoms with E-state index in [0.29, 0.717) is 5.56 Å². The number of amidine groups is 1. The van der Waals surface area contributed by atoms with E-state index in [1.807, 2.05) is 13.0 Å². The standard InChI is InChI=1S/C13H17N5O2S/c1-8-4-5-9(2)11(6-8)21(19,20)17-13-10(12(14)15)7-16-18(13)3/h4-7,17H,1-3H3,(H3,14,15). The van der Waals surface area contributed by atoms with E-state index in [1.165, 1.54) is 10.9 Å². The van der Waals surface area contributed by atoms with Crippen molar-refractivity contribution < 1.29 is 8.42 Å². The van der Waals surface area contributed by atoms with E-state index in [9.17, 15) is 8.42 Å². The van der Waals surface area contributed by atoms with Crippen molar-refractivity contribution in [2.24, 2.45) is 12.8 Å². The van der Waals surface area contributed by atoms with Gasteiger partial charge in [-0.3, -0.25) is 14.8 Å². The molecule has 8 heteroatoms. The number of nitrogens with zero attached hydrogens (tertiary/aromatic N) is 2. The fourth-order valence-corrected chi connectivity index (χ4v) is 3.37. The lowest BCUT2D eigenvalue weighted by molar-refractivity contribution is 0.599. The maximum absolute atomic E-state index is 12.5. The monoisotopic (exact) mass is 307 g/mol. The van der Waals surface area contributed by atoms with Gasteiger partial charge in [-0.15, -0.1) is 0 Å². The zero-order chi connectivity index (χ0) is 15.8. The number of sulfonamides is 1. The van der Waals surface area contributed by atoms with Gasteiger partial charge in [-0.1, -0.05) is 12.1 Å². The fourth-order valence-electron chi connectivity index (χ4n) is 1.93. The molecule has 0 atom stereocenters. The molecule has 0 saturated heterocycles. The van der Waals surface area contributed by atoms with Crippen LogP contribution in [0.1, 0.15) is 16.7 Å². The molecule has 0 radical (unpaired) electrons. The molecule has 0 fully saturated rings. The molecule has 7 nitrogen and oxygen atoms in total. The summed E-state index contributed by atoms with van der Waals surface area (Å²) in [6.07, 6.45) is 1.35. The summed E-state index contributed by atoms with van der Waals surface area (Å²) in [6.45, 7) is 3.55. The number of aromatic nitrogens is 2. The number of rotatable bonds is 4. The van der Waals surface area contributed by atoms with Crippen LogP contribution in [0.2, 0.25) is 0 Å². The molecule has 1 aromatic carbocycles. The van der Waals surface area contributed by atoms with Gasteiger partial charge in [0.2, 0.25) is 0 Å². The molecule has 112 valence electrons. The van der Waals surface area contributed by atoms with Crippen LogP contribution in [0.4, 0.5) is 5.82 Å². The molecule has 0 aliphatic carbocycles. The van der Waals surface area contributed by atoms with E-state index >= 15 is 0 Å². The van der Waals surface area contributed by atoms with Crippen LogP contribution in [0, 0.1) is 19.3 Å². The number of aryl methyl sites for hydroxylation is 3. The summed E-state index contributed by atoms with van der Waals surface area (Å²) in [7, 11) is -2.20. The lowest BCUT2D eigenvalue weighted by Crippen LogP contribution is -2.20. The molecule has 0 bridgehead atoms. The average molecular weight is 307 g/mol. The van der Waals surface area contributed by atoms with Crippen LogP contribution in [0.25, 0.3) is 0 Å². The van der Waals surface area contributed by atoms with Crippen molar-refractivity contribution in [3.05, 3.63) is 41.1 Å². The van der Waals surface area contributed by atoms with Crippen LogP contribution in [-0.2, 0) is 17.1 Å². The molecule has 0 aliphatic heterocycles. The average Bonchev–Trinajstić information content (AvgIpc) is 2.73. The second-order valence-electron chi connectivity index (χ2n) is 4.82. The Morgan fingerprint density at radius 1 is 1.38 bits per heavy atom. The molecular weight excluding hydrogens is 290 g/mol. The van der Waals surface area contributed by atoms with Gasteiger partial charge in [0.1, 0.15) is 11.7 Å². The Bertz CT molecular complexity index is 808. The Morgan fingerprint density at radius 3 is 2.67 bits per heavy atom. The number of hydrogen-bond acceptors (Lipinski definition) is 4. The Kier molecular flexibility index (Phi) is 3.73. The number of hydrogen-bond donors (Lipinski definition) is 3. The highest BCUT2D eigenvalue weighted by atomic mass is 32.2. The normalized spacial score (nSPS) is 11.4. The van der Waals surface area contributed by atoms with E-state index in [1.54, 1.807) is 26.1 Å². The molecule has 21 heavy (non-hydrogen) atoms. The molecule has 0 amide bonds. The summed E-state index contributed by atoms with van der Waals surface area (Å²) in [5.74, 6) is -0.0785. The quantitative estimate of drug-likeness (QED) is 0.580. The minimum absolute atomic E-state index is 0.170. The van der Waals surface area contributed by atoms with Crippen molar-refractivity contribution in [3.8, 4) is 0 Å². The van der Waals surface area contributed by atoms with Gasteiger partial charge in [0, 0.05) is 7.05 Å². The smallest absolute Gasteiger partial charge is 0.263 e. The second kappa shape index (κ2) is 5.21. The van der Waals surface area contributed by atoms with E-state index in [0.717, 1.165) is 5.56 Å². The van der Waals surface area contributed by atoms with Gasteiger partial charge in [0.05, 0.1) is 16.7 Å². The molecule has 4 N–H and O–H groups in total. The van der Waals surface area contributed by atoms with Gasteiger partial charge >= 0.3 is 0 Å². The first-order chi connectivity index (χ1) is 9.72. The van der Waals surface area contributed by atoms with Gasteiger partial charge in [0.25, 0.3) is 10.0 Å². The Hall–Kier alpha value is -2.35. The maximum atomic E-state index is 12.5. The highest BCUT2D eigenvalue weighted by Crippen LogP contribution is 2.22. The first kappa shape index (κ1) is 15.0. The number of nitrogen functional groups attached to an aromatic ring is 1. The number of anilines is 1. The lowest BCUT2D eigenvalue weighted by Gasteiger charge is -2.12. The minimum Gasteiger partial charge on any atom is -0.384 e. The Balaban J connectivity index is 2.50.